The molecule has 2 aromatic rings. The third kappa shape index (κ3) is 4.42. The lowest BCUT2D eigenvalue weighted by atomic mass is 9.82. The minimum Gasteiger partial charge on any atom is -0.389 e. The molecule has 1 amide bonds. The number of carbonyl (C=O) groups is 1. The molecule has 0 saturated heterocycles. The van der Waals surface area contributed by atoms with E-state index in [9.17, 15) is 9.90 Å². The van der Waals surface area contributed by atoms with Gasteiger partial charge in [-0.25, -0.2) is 0 Å². The maximum Gasteiger partial charge on any atom is 0.223 e. The Morgan fingerprint density at radius 3 is 2.71 bits per heavy atom. The number of nitrogens with zero attached hydrogens (tertiary/aromatic N) is 1. The number of hydrogen-bond acceptors (Lipinski definition) is 3. The maximum atomic E-state index is 12.2. The molecule has 0 radical (unpaired) electrons. The molecule has 1 aliphatic rings. The second-order valence-electron chi connectivity index (χ2n) is 6.65. The Bertz CT molecular complexity index is 679. The van der Waals surface area contributed by atoms with Crippen molar-refractivity contribution in [1.82, 2.24) is 10.3 Å². The zero-order valence-corrected chi connectivity index (χ0v) is 13.9. The normalized spacial score (nSPS) is 16.5. The maximum absolute atomic E-state index is 12.2. The molecule has 24 heavy (non-hydrogen) atoms. The number of aliphatic hydroxyl groups is 1. The molecule has 0 aliphatic heterocycles. The first-order valence-electron chi connectivity index (χ1n) is 8.64. The number of aromatic nitrogens is 1. The largest absolute Gasteiger partial charge is 0.389 e. The number of nitrogens with one attached hydrogen (secondary N) is 1. The van der Waals surface area contributed by atoms with E-state index in [2.05, 4.69) is 10.3 Å². The van der Waals surface area contributed by atoms with Crippen LogP contribution in [0.1, 0.15) is 44.1 Å². The van der Waals surface area contributed by atoms with Crippen LogP contribution in [0.5, 0.6) is 0 Å². The van der Waals surface area contributed by atoms with Gasteiger partial charge in [0.15, 0.2) is 0 Å². The van der Waals surface area contributed by atoms with E-state index in [1.54, 1.807) is 6.20 Å². The fraction of sp³-hybridized carbons (Fsp3) is 0.400. The van der Waals surface area contributed by atoms with Gasteiger partial charge >= 0.3 is 0 Å². The first-order chi connectivity index (χ1) is 11.6. The van der Waals surface area contributed by atoms with Crippen LogP contribution in [-0.2, 0) is 11.3 Å². The molecule has 126 valence electrons. The number of carbonyl (C=O) groups excluding carboxylic acids is 1. The molecule has 0 bridgehead atoms. The Morgan fingerprint density at radius 1 is 1.12 bits per heavy atom. The Labute approximate surface area is 142 Å². The van der Waals surface area contributed by atoms with Crippen molar-refractivity contribution in [2.24, 2.45) is 0 Å². The van der Waals surface area contributed by atoms with Crippen molar-refractivity contribution < 1.29 is 9.90 Å². The van der Waals surface area contributed by atoms with Crippen LogP contribution < -0.4 is 5.32 Å². The molecule has 4 heteroatoms. The second-order valence-corrected chi connectivity index (χ2v) is 6.65. The van der Waals surface area contributed by atoms with E-state index in [1.165, 1.54) is 0 Å². The van der Waals surface area contributed by atoms with Gasteiger partial charge in [-0.3, -0.25) is 9.78 Å². The van der Waals surface area contributed by atoms with Gasteiger partial charge in [0.2, 0.25) is 5.91 Å². The molecule has 1 fully saturated rings. The van der Waals surface area contributed by atoms with Gasteiger partial charge in [-0.15, -0.1) is 0 Å². The summed E-state index contributed by atoms with van der Waals surface area (Å²) in [5.74, 6) is -0.0809. The highest BCUT2D eigenvalue weighted by atomic mass is 16.3. The molecule has 3 rings (SSSR count). The summed E-state index contributed by atoms with van der Waals surface area (Å²) in [6.07, 6.45) is 6.61. The summed E-state index contributed by atoms with van der Waals surface area (Å²) in [6, 6.07) is 13.8. The quantitative estimate of drug-likeness (QED) is 0.885. The molecule has 0 unspecified atom stereocenters. The summed E-state index contributed by atoms with van der Waals surface area (Å²) in [5, 5.41) is 13.4. The van der Waals surface area contributed by atoms with Gasteiger partial charge in [-0.2, -0.15) is 0 Å². The fourth-order valence-corrected chi connectivity index (χ4v) is 3.32. The summed E-state index contributed by atoms with van der Waals surface area (Å²) in [5.41, 5.74) is 2.18. The Kier molecular flexibility index (Phi) is 5.26. The van der Waals surface area contributed by atoms with E-state index < -0.39 is 5.60 Å². The van der Waals surface area contributed by atoms with Crippen LogP contribution in [0, 0.1) is 0 Å². The van der Waals surface area contributed by atoms with Gasteiger partial charge in [0.05, 0.1) is 17.7 Å². The highest BCUT2D eigenvalue weighted by Gasteiger charge is 2.31. The minimum absolute atomic E-state index is 0.0809. The molecule has 1 aromatic heterocycles. The summed E-state index contributed by atoms with van der Waals surface area (Å²) >= 11 is 0. The fourth-order valence-electron chi connectivity index (χ4n) is 3.32. The predicted molar refractivity (Wildman–Crippen MR) is 94.2 cm³/mol. The van der Waals surface area contributed by atoms with Crippen LogP contribution in [0.15, 0.2) is 48.7 Å². The number of hydrogen-bond donors (Lipinski definition) is 2. The molecule has 4 nitrogen and oxygen atoms in total. The topological polar surface area (TPSA) is 62.2 Å². The molecular weight excluding hydrogens is 300 g/mol. The van der Waals surface area contributed by atoms with Crippen LogP contribution >= 0.6 is 0 Å². The van der Waals surface area contributed by atoms with E-state index >= 15 is 0 Å². The number of amides is 1. The Hall–Kier alpha value is -2.20. The Morgan fingerprint density at radius 2 is 1.96 bits per heavy atom. The monoisotopic (exact) mass is 324 g/mol. The summed E-state index contributed by atoms with van der Waals surface area (Å²) in [4.78, 5) is 16.5. The third-order valence-electron chi connectivity index (χ3n) is 4.65. The van der Waals surface area contributed by atoms with Crippen LogP contribution in [0.3, 0.4) is 0 Å². The SMILES string of the molecule is O=C(CC1(O)CCCCC1)NCc1cccc(-c2ccccn2)c1. The van der Waals surface area contributed by atoms with Gasteiger partial charge in [-0.05, 0) is 36.6 Å². The van der Waals surface area contributed by atoms with Crippen LogP contribution in [0.25, 0.3) is 11.3 Å². The highest BCUT2D eigenvalue weighted by molar-refractivity contribution is 5.77. The highest BCUT2D eigenvalue weighted by Crippen LogP contribution is 2.30. The van der Waals surface area contributed by atoms with Crippen LogP contribution in [0.4, 0.5) is 0 Å². The zero-order chi connectivity index (χ0) is 16.8. The molecule has 0 spiro atoms. The van der Waals surface area contributed by atoms with E-state index in [-0.39, 0.29) is 12.3 Å². The summed E-state index contributed by atoms with van der Waals surface area (Å²) in [6.45, 7) is 0.468. The smallest absolute Gasteiger partial charge is 0.223 e. The number of benzene rings is 1. The van der Waals surface area contributed by atoms with Gasteiger partial charge in [-0.1, -0.05) is 43.5 Å². The molecular formula is C20H24N2O2. The lowest BCUT2D eigenvalue weighted by molar-refractivity contribution is -0.127. The zero-order valence-electron chi connectivity index (χ0n) is 13.9. The number of pyridine rings is 1. The van der Waals surface area contributed by atoms with Gasteiger partial charge in [0.1, 0.15) is 0 Å². The Balaban J connectivity index is 1.57. The second kappa shape index (κ2) is 7.58. The van der Waals surface area contributed by atoms with Crippen molar-refractivity contribution in [3.8, 4) is 11.3 Å². The first-order valence-corrected chi connectivity index (χ1v) is 8.64. The van der Waals surface area contributed by atoms with Gasteiger partial charge in [0, 0.05) is 18.3 Å². The predicted octanol–water partition coefficient (Wildman–Crippen LogP) is 3.45. The van der Waals surface area contributed by atoms with Crippen molar-refractivity contribution in [3.05, 3.63) is 54.2 Å². The molecule has 1 aromatic carbocycles. The van der Waals surface area contributed by atoms with E-state index in [4.69, 9.17) is 0 Å². The van der Waals surface area contributed by atoms with E-state index in [0.29, 0.717) is 6.54 Å². The van der Waals surface area contributed by atoms with Crippen molar-refractivity contribution in [3.63, 3.8) is 0 Å². The molecule has 1 heterocycles. The molecule has 0 atom stereocenters. The average molecular weight is 324 g/mol. The molecule has 1 saturated carbocycles. The van der Waals surface area contributed by atoms with Crippen molar-refractivity contribution in [2.45, 2.75) is 50.7 Å². The van der Waals surface area contributed by atoms with Gasteiger partial charge < -0.3 is 10.4 Å². The van der Waals surface area contributed by atoms with Crippen molar-refractivity contribution >= 4 is 5.91 Å². The van der Waals surface area contributed by atoms with E-state index in [0.717, 1.165) is 48.9 Å². The van der Waals surface area contributed by atoms with Crippen molar-refractivity contribution in [2.75, 3.05) is 0 Å². The first kappa shape index (κ1) is 16.7. The summed E-state index contributed by atoms with van der Waals surface area (Å²) < 4.78 is 0. The molecule has 1 aliphatic carbocycles. The van der Waals surface area contributed by atoms with Crippen LogP contribution in [0.2, 0.25) is 0 Å². The van der Waals surface area contributed by atoms with Crippen molar-refractivity contribution in [1.29, 1.82) is 0 Å². The average Bonchev–Trinajstić information content (AvgIpc) is 2.61. The van der Waals surface area contributed by atoms with Gasteiger partial charge in [0.25, 0.3) is 0 Å². The lowest BCUT2D eigenvalue weighted by Gasteiger charge is -2.31. The van der Waals surface area contributed by atoms with E-state index in [1.807, 2.05) is 42.5 Å². The summed E-state index contributed by atoms with van der Waals surface area (Å²) in [7, 11) is 0. The van der Waals surface area contributed by atoms with Crippen LogP contribution in [-0.4, -0.2) is 21.6 Å². The standard InChI is InChI=1S/C20H24N2O2/c23-19(14-20(24)10-3-1-4-11-20)22-15-16-7-6-8-17(13-16)18-9-2-5-12-21-18/h2,5-9,12-13,24H,1,3-4,10-11,14-15H2,(H,22,23). The lowest BCUT2D eigenvalue weighted by Crippen LogP contribution is -2.38. The third-order valence-corrected chi connectivity index (χ3v) is 4.65. The minimum atomic E-state index is -0.807. The molecule has 2 N–H and O–H groups in total. The number of rotatable bonds is 5.